The van der Waals surface area contributed by atoms with Gasteiger partial charge in [0.25, 0.3) is 5.91 Å². The van der Waals surface area contributed by atoms with Crippen LogP contribution in [0.15, 0.2) is 95.6 Å². The summed E-state index contributed by atoms with van der Waals surface area (Å²) < 4.78 is 1.70. The number of carbonyl (C=O) groups is 1. The molecule has 2 aromatic carbocycles. The van der Waals surface area contributed by atoms with Gasteiger partial charge >= 0.3 is 0 Å². The van der Waals surface area contributed by atoms with Crippen LogP contribution in [0, 0.1) is 0 Å². The first kappa shape index (κ1) is 21.7. The number of hydrogen-bond acceptors (Lipinski definition) is 7. The normalized spacial score (nSPS) is 14.9. The van der Waals surface area contributed by atoms with Gasteiger partial charge in [0.1, 0.15) is 11.8 Å². The molecule has 0 spiro atoms. The zero-order valence-corrected chi connectivity index (χ0v) is 19.2. The van der Waals surface area contributed by atoms with Gasteiger partial charge < -0.3 is 15.7 Å². The molecule has 170 valence electrons. The topological polar surface area (TPSA) is 105 Å². The molecule has 2 aromatic heterocycles. The molecular formula is C25H22N6O2S. The molecular weight excluding hydrogens is 448 g/mol. The summed E-state index contributed by atoms with van der Waals surface area (Å²) in [6, 6.07) is 19.9. The summed E-state index contributed by atoms with van der Waals surface area (Å²) in [6.07, 6.45) is 3.24. The Balaban J connectivity index is 1.50. The number of aromatic nitrogens is 4. The smallest absolute Gasteiger partial charge is 0.255 e. The molecule has 0 aliphatic carbocycles. The summed E-state index contributed by atoms with van der Waals surface area (Å²) in [5, 5.41) is 21.6. The van der Waals surface area contributed by atoms with Crippen molar-refractivity contribution in [1.82, 2.24) is 19.7 Å². The number of pyridine rings is 1. The minimum atomic E-state index is -0.571. The highest BCUT2D eigenvalue weighted by Crippen LogP contribution is 2.37. The average Bonchev–Trinajstić information content (AvgIpc) is 3.25. The Kier molecular flexibility index (Phi) is 6.01. The molecule has 1 amide bonds. The molecule has 1 atom stereocenters. The second-order valence-corrected chi connectivity index (χ2v) is 8.74. The summed E-state index contributed by atoms with van der Waals surface area (Å²) in [5.41, 5.74) is 3.62. The third-order valence-electron chi connectivity index (χ3n) is 5.39. The van der Waals surface area contributed by atoms with Crippen LogP contribution in [0.4, 0.5) is 11.6 Å². The molecule has 4 aromatic rings. The van der Waals surface area contributed by atoms with Gasteiger partial charge in [-0.2, -0.15) is 4.98 Å². The third-order valence-corrected chi connectivity index (χ3v) is 6.30. The Hall–Kier alpha value is -4.11. The van der Waals surface area contributed by atoms with E-state index in [4.69, 9.17) is 5.10 Å². The predicted octanol–water partition coefficient (Wildman–Crippen LogP) is 4.60. The Labute approximate surface area is 200 Å². The lowest BCUT2D eigenvalue weighted by Crippen LogP contribution is -2.31. The number of carbonyl (C=O) groups excluding carboxylic acids is 1. The molecule has 0 saturated carbocycles. The number of phenolic OH excluding ortho intramolecular Hbond substituents is 1. The molecule has 0 saturated heterocycles. The van der Waals surface area contributed by atoms with Crippen LogP contribution in [0.2, 0.25) is 0 Å². The molecule has 1 aliphatic rings. The number of nitrogens with one attached hydrogen (secondary N) is 2. The monoisotopic (exact) mass is 470 g/mol. The van der Waals surface area contributed by atoms with Gasteiger partial charge in [-0.25, -0.2) is 4.68 Å². The van der Waals surface area contributed by atoms with Gasteiger partial charge in [-0.3, -0.25) is 9.78 Å². The Bertz CT molecular complexity index is 1350. The van der Waals surface area contributed by atoms with Crippen LogP contribution in [-0.2, 0) is 10.5 Å². The number of aromatic hydroxyl groups is 1. The molecule has 0 fully saturated rings. The predicted molar refractivity (Wildman–Crippen MR) is 131 cm³/mol. The van der Waals surface area contributed by atoms with Crippen molar-refractivity contribution < 1.29 is 9.90 Å². The maximum atomic E-state index is 13.4. The van der Waals surface area contributed by atoms with Crippen molar-refractivity contribution in [3.63, 3.8) is 0 Å². The van der Waals surface area contributed by atoms with E-state index in [0.29, 0.717) is 28.1 Å². The Morgan fingerprint density at radius 2 is 2.00 bits per heavy atom. The minimum Gasteiger partial charge on any atom is -0.508 e. The number of phenols is 1. The van der Waals surface area contributed by atoms with E-state index in [0.717, 1.165) is 11.3 Å². The van der Waals surface area contributed by atoms with Crippen LogP contribution in [0.1, 0.15) is 24.1 Å². The Morgan fingerprint density at radius 1 is 1.15 bits per heavy atom. The van der Waals surface area contributed by atoms with Gasteiger partial charge in [0, 0.05) is 17.6 Å². The van der Waals surface area contributed by atoms with Crippen molar-refractivity contribution >= 4 is 29.3 Å². The fourth-order valence-electron chi connectivity index (χ4n) is 3.85. The van der Waals surface area contributed by atoms with Gasteiger partial charge in [0.05, 0.1) is 17.5 Å². The standard InChI is InChI=1S/C25H22N6O2S/c1-16-21(23(33)28-19-10-6-12-26-14-19)22(18-9-5-11-20(32)13-18)31-24(27-16)29-25(30-31)34-15-17-7-3-2-4-8-17/h2-14,22,32H,15H2,1H3,(H,28,33)(H,27,29,30). The van der Waals surface area contributed by atoms with E-state index < -0.39 is 6.04 Å². The van der Waals surface area contributed by atoms with E-state index in [9.17, 15) is 9.90 Å². The lowest BCUT2D eigenvalue weighted by Gasteiger charge is -2.28. The van der Waals surface area contributed by atoms with Crippen LogP contribution in [-0.4, -0.2) is 30.8 Å². The fourth-order valence-corrected chi connectivity index (χ4v) is 4.63. The molecule has 8 nitrogen and oxygen atoms in total. The lowest BCUT2D eigenvalue weighted by atomic mass is 9.95. The largest absolute Gasteiger partial charge is 0.508 e. The highest BCUT2D eigenvalue weighted by Gasteiger charge is 2.34. The Morgan fingerprint density at radius 3 is 2.76 bits per heavy atom. The first-order valence-corrected chi connectivity index (χ1v) is 11.7. The molecule has 0 radical (unpaired) electrons. The number of hydrogen-bond donors (Lipinski definition) is 3. The van der Waals surface area contributed by atoms with Crippen molar-refractivity contribution in [2.24, 2.45) is 0 Å². The maximum Gasteiger partial charge on any atom is 0.255 e. The fraction of sp³-hybridized carbons (Fsp3) is 0.120. The van der Waals surface area contributed by atoms with Crippen LogP contribution < -0.4 is 10.6 Å². The van der Waals surface area contributed by atoms with E-state index >= 15 is 0 Å². The molecule has 9 heteroatoms. The number of amides is 1. The number of nitrogens with zero attached hydrogens (tertiary/aromatic N) is 4. The molecule has 1 aliphatic heterocycles. The molecule has 34 heavy (non-hydrogen) atoms. The van der Waals surface area contributed by atoms with Crippen molar-refractivity contribution in [2.75, 3.05) is 10.6 Å². The highest BCUT2D eigenvalue weighted by atomic mass is 32.2. The van der Waals surface area contributed by atoms with Gasteiger partial charge in [0.2, 0.25) is 11.1 Å². The van der Waals surface area contributed by atoms with Gasteiger partial charge in [-0.1, -0.05) is 54.2 Å². The number of fused-ring (bicyclic) bond motifs is 1. The first-order chi connectivity index (χ1) is 16.6. The van der Waals surface area contributed by atoms with E-state index in [2.05, 4.69) is 32.7 Å². The summed E-state index contributed by atoms with van der Waals surface area (Å²) in [5.74, 6) is 1.09. The third kappa shape index (κ3) is 4.51. The minimum absolute atomic E-state index is 0.112. The van der Waals surface area contributed by atoms with Crippen molar-refractivity contribution in [2.45, 2.75) is 23.9 Å². The van der Waals surface area contributed by atoms with Gasteiger partial charge in [-0.05, 0) is 42.3 Å². The lowest BCUT2D eigenvalue weighted by molar-refractivity contribution is -0.113. The van der Waals surface area contributed by atoms with E-state index in [-0.39, 0.29) is 11.7 Å². The number of allylic oxidation sites excluding steroid dienone is 1. The van der Waals surface area contributed by atoms with E-state index in [1.807, 2.05) is 31.2 Å². The molecule has 5 rings (SSSR count). The maximum absolute atomic E-state index is 13.4. The van der Waals surface area contributed by atoms with Crippen LogP contribution in [0.3, 0.4) is 0 Å². The summed E-state index contributed by atoms with van der Waals surface area (Å²) in [6.45, 7) is 1.84. The second kappa shape index (κ2) is 9.40. The molecule has 1 unspecified atom stereocenters. The van der Waals surface area contributed by atoms with E-state index in [1.54, 1.807) is 47.4 Å². The van der Waals surface area contributed by atoms with Crippen LogP contribution in [0.5, 0.6) is 5.75 Å². The summed E-state index contributed by atoms with van der Waals surface area (Å²) >= 11 is 1.52. The van der Waals surface area contributed by atoms with Crippen molar-refractivity contribution in [3.8, 4) is 5.75 Å². The SMILES string of the molecule is CC1=C(C(=O)Nc2cccnc2)C(c2cccc(O)c2)n2nc(SCc3ccccc3)nc2N1. The zero-order valence-electron chi connectivity index (χ0n) is 18.3. The van der Waals surface area contributed by atoms with Gasteiger partial charge in [0.15, 0.2) is 0 Å². The quantitative estimate of drug-likeness (QED) is 0.354. The molecule has 3 heterocycles. The average molecular weight is 471 g/mol. The summed E-state index contributed by atoms with van der Waals surface area (Å²) in [7, 11) is 0. The van der Waals surface area contributed by atoms with Crippen LogP contribution in [0.25, 0.3) is 0 Å². The number of anilines is 2. The number of benzene rings is 2. The number of thioether (sulfide) groups is 1. The highest BCUT2D eigenvalue weighted by molar-refractivity contribution is 7.98. The van der Waals surface area contributed by atoms with E-state index in [1.165, 1.54) is 17.3 Å². The molecule has 0 bridgehead atoms. The first-order valence-electron chi connectivity index (χ1n) is 10.7. The van der Waals surface area contributed by atoms with Crippen molar-refractivity contribution in [3.05, 3.63) is 102 Å². The zero-order chi connectivity index (χ0) is 23.5. The number of rotatable bonds is 6. The van der Waals surface area contributed by atoms with Gasteiger partial charge in [-0.15, -0.1) is 5.10 Å². The molecule has 3 N–H and O–H groups in total. The van der Waals surface area contributed by atoms with Crippen LogP contribution >= 0.6 is 11.8 Å². The second-order valence-electron chi connectivity index (χ2n) is 7.79. The summed E-state index contributed by atoms with van der Waals surface area (Å²) in [4.78, 5) is 22.1. The van der Waals surface area contributed by atoms with Crippen molar-refractivity contribution in [1.29, 1.82) is 0 Å².